The number of rotatable bonds is 2. The average molecular weight is 297 g/mol. The fourth-order valence-corrected chi connectivity index (χ4v) is 3.34. The Labute approximate surface area is 124 Å². The van der Waals surface area contributed by atoms with Gasteiger partial charge in [-0.15, -0.1) is 12.4 Å². The molecule has 3 heterocycles. The minimum absolute atomic E-state index is 0. The van der Waals surface area contributed by atoms with Crippen LogP contribution < -0.4 is 5.32 Å². The summed E-state index contributed by atoms with van der Waals surface area (Å²) in [6, 6.07) is 3.05. The number of hydrogen-bond donors (Lipinski definition) is 2. The van der Waals surface area contributed by atoms with E-state index in [-0.39, 0.29) is 18.3 Å². The molecule has 6 heteroatoms. The van der Waals surface area contributed by atoms with Crippen LogP contribution in [0.1, 0.15) is 54.2 Å². The first-order valence-corrected chi connectivity index (χ1v) is 7.40. The van der Waals surface area contributed by atoms with Crippen LogP contribution in [-0.2, 0) is 0 Å². The molecule has 1 aromatic rings. The van der Waals surface area contributed by atoms with E-state index >= 15 is 0 Å². The number of aromatic nitrogens is 2. The average Bonchev–Trinajstić information content (AvgIpc) is 3.02. The van der Waals surface area contributed by atoms with E-state index in [1.54, 1.807) is 0 Å². The van der Waals surface area contributed by atoms with Gasteiger partial charge in [0, 0.05) is 36.8 Å². The summed E-state index contributed by atoms with van der Waals surface area (Å²) in [7, 11) is 0. The fourth-order valence-electron chi connectivity index (χ4n) is 3.34. The summed E-state index contributed by atoms with van der Waals surface area (Å²) >= 11 is 0. The number of nitrogens with one attached hydrogen (secondary N) is 2. The molecule has 2 saturated heterocycles. The van der Waals surface area contributed by atoms with E-state index in [9.17, 15) is 4.79 Å². The lowest BCUT2D eigenvalue weighted by Gasteiger charge is -2.23. The van der Waals surface area contributed by atoms with Crippen molar-refractivity contribution < 1.29 is 4.79 Å². The number of halogens is 1. The van der Waals surface area contributed by atoms with Gasteiger partial charge in [0.1, 0.15) is 5.69 Å². The molecule has 1 aromatic heterocycles. The zero-order valence-electron chi connectivity index (χ0n) is 11.5. The SMILES string of the molecule is Cl.O=C(c1cc(C2CC2)[nH]n1)N1CCC2CCC(C1)N2. The summed E-state index contributed by atoms with van der Waals surface area (Å²) in [5.41, 5.74) is 1.73. The van der Waals surface area contributed by atoms with Crippen LogP contribution in [0.4, 0.5) is 0 Å². The smallest absolute Gasteiger partial charge is 0.274 e. The lowest BCUT2D eigenvalue weighted by molar-refractivity contribution is 0.0742. The van der Waals surface area contributed by atoms with Crippen LogP contribution in [-0.4, -0.2) is 46.2 Å². The molecule has 0 radical (unpaired) electrons. The van der Waals surface area contributed by atoms with Gasteiger partial charge >= 0.3 is 0 Å². The maximum atomic E-state index is 12.5. The lowest BCUT2D eigenvalue weighted by Crippen LogP contribution is -2.39. The van der Waals surface area contributed by atoms with Crippen LogP contribution in [0.5, 0.6) is 0 Å². The van der Waals surface area contributed by atoms with Crippen LogP contribution in [0.25, 0.3) is 0 Å². The Kier molecular flexibility index (Phi) is 3.73. The molecule has 0 spiro atoms. The minimum atomic E-state index is 0. The number of fused-ring (bicyclic) bond motifs is 2. The van der Waals surface area contributed by atoms with Crippen molar-refractivity contribution in [2.75, 3.05) is 13.1 Å². The van der Waals surface area contributed by atoms with Crippen molar-refractivity contribution in [1.29, 1.82) is 0 Å². The summed E-state index contributed by atoms with van der Waals surface area (Å²) in [6.07, 6.45) is 5.99. The molecule has 3 fully saturated rings. The number of nitrogens with zero attached hydrogens (tertiary/aromatic N) is 2. The number of carbonyl (C=O) groups excluding carboxylic acids is 1. The fraction of sp³-hybridized carbons (Fsp3) is 0.714. The first-order chi connectivity index (χ1) is 9.29. The maximum absolute atomic E-state index is 12.5. The van der Waals surface area contributed by atoms with E-state index in [2.05, 4.69) is 15.5 Å². The standard InChI is InChI=1S/C14H20N4O.ClH/c19-14(13-7-12(16-17-13)9-1-2-9)18-6-5-10-3-4-11(8-18)15-10;/h7,9-11,15H,1-6,8H2,(H,16,17);1H. The number of hydrogen-bond acceptors (Lipinski definition) is 3. The largest absolute Gasteiger partial charge is 0.336 e. The minimum Gasteiger partial charge on any atom is -0.336 e. The third kappa shape index (κ3) is 2.56. The van der Waals surface area contributed by atoms with Gasteiger partial charge in [-0.25, -0.2) is 0 Å². The highest BCUT2D eigenvalue weighted by Crippen LogP contribution is 2.39. The van der Waals surface area contributed by atoms with Gasteiger partial charge in [0.05, 0.1) is 0 Å². The molecule has 1 amide bonds. The first kappa shape index (κ1) is 13.9. The highest BCUT2D eigenvalue weighted by atomic mass is 35.5. The quantitative estimate of drug-likeness (QED) is 0.873. The molecule has 5 nitrogen and oxygen atoms in total. The second-order valence-electron chi connectivity index (χ2n) is 6.16. The zero-order chi connectivity index (χ0) is 12.8. The molecule has 1 saturated carbocycles. The Morgan fingerprint density at radius 3 is 2.80 bits per heavy atom. The topological polar surface area (TPSA) is 61.0 Å². The molecule has 4 rings (SSSR count). The Balaban J connectivity index is 0.00000121. The molecular formula is C14H21ClN4O. The van der Waals surface area contributed by atoms with Crippen LogP contribution in [0, 0.1) is 0 Å². The van der Waals surface area contributed by atoms with Crippen molar-refractivity contribution in [1.82, 2.24) is 20.4 Å². The molecule has 1 aliphatic carbocycles. The number of carbonyl (C=O) groups is 1. The van der Waals surface area contributed by atoms with Crippen molar-refractivity contribution in [2.45, 2.75) is 50.1 Å². The van der Waals surface area contributed by atoms with E-state index in [1.165, 1.54) is 25.7 Å². The summed E-state index contributed by atoms with van der Waals surface area (Å²) in [4.78, 5) is 14.5. The highest BCUT2D eigenvalue weighted by Gasteiger charge is 2.33. The second kappa shape index (κ2) is 5.37. The normalized spacial score (nSPS) is 28.9. The predicted octanol–water partition coefficient (Wildman–Crippen LogP) is 1.68. The molecule has 110 valence electrons. The van der Waals surface area contributed by atoms with Crippen LogP contribution in [0.3, 0.4) is 0 Å². The van der Waals surface area contributed by atoms with Gasteiger partial charge in [0.15, 0.2) is 0 Å². The molecule has 2 unspecified atom stereocenters. The Hall–Kier alpha value is -1.07. The summed E-state index contributed by atoms with van der Waals surface area (Å²) < 4.78 is 0. The molecular weight excluding hydrogens is 276 g/mol. The highest BCUT2D eigenvalue weighted by molar-refractivity contribution is 5.92. The van der Waals surface area contributed by atoms with Gasteiger partial charge < -0.3 is 10.2 Å². The molecule has 3 aliphatic rings. The number of likely N-dealkylation sites (tertiary alicyclic amines) is 1. The Bertz CT molecular complexity index is 499. The summed E-state index contributed by atoms with van der Waals surface area (Å²) in [6.45, 7) is 1.69. The molecule has 0 aromatic carbocycles. The molecule has 2 atom stereocenters. The Morgan fingerprint density at radius 2 is 2.00 bits per heavy atom. The van der Waals surface area contributed by atoms with Gasteiger partial charge in [-0.2, -0.15) is 5.10 Å². The second-order valence-corrected chi connectivity index (χ2v) is 6.16. The molecule has 2 N–H and O–H groups in total. The molecule has 2 aliphatic heterocycles. The summed E-state index contributed by atoms with van der Waals surface area (Å²) in [5, 5.41) is 10.8. The Morgan fingerprint density at radius 1 is 1.20 bits per heavy atom. The van der Waals surface area contributed by atoms with Crippen LogP contribution >= 0.6 is 12.4 Å². The van der Waals surface area contributed by atoms with E-state index in [0.717, 1.165) is 25.2 Å². The van der Waals surface area contributed by atoms with E-state index in [0.29, 0.717) is 23.7 Å². The zero-order valence-corrected chi connectivity index (χ0v) is 12.3. The number of aromatic amines is 1. The maximum Gasteiger partial charge on any atom is 0.274 e. The van der Waals surface area contributed by atoms with Crippen molar-refractivity contribution in [3.05, 3.63) is 17.5 Å². The van der Waals surface area contributed by atoms with E-state index < -0.39 is 0 Å². The van der Waals surface area contributed by atoms with Gasteiger partial charge in [0.2, 0.25) is 0 Å². The van der Waals surface area contributed by atoms with E-state index in [1.807, 2.05) is 11.0 Å². The van der Waals surface area contributed by atoms with Gasteiger partial charge in [-0.3, -0.25) is 9.89 Å². The third-order valence-corrected chi connectivity index (χ3v) is 4.64. The number of H-pyrrole nitrogens is 1. The van der Waals surface area contributed by atoms with Gasteiger partial charge in [-0.1, -0.05) is 0 Å². The van der Waals surface area contributed by atoms with Crippen molar-refractivity contribution >= 4 is 18.3 Å². The molecule has 20 heavy (non-hydrogen) atoms. The van der Waals surface area contributed by atoms with Crippen molar-refractivity contribution in [2.24, 2.45) is 0 Å². The number of amides is 1. The van der Waals surface area contributed by atoms with Crippen molar-refractivity contribution in [3.63, 3.8) is 0 Å². The monoisotopic (exact) mass is 296 g/mol. The lowest BCUT2D eigenvalue weighted by atomic mass is 10.1. The van der Waals surface area contributed by atoms with Gasteiger partial charge in [-0.05, 0) is 38.2 Å². The third-order valence-electron chi connectivity index (χ3n) is 4.64. The van der Waals surface area contributed by atoms with E-state index in [4.69, 9.17) is 0 Å². The van der Waals surface area contributed by atoms with Crippen LogP contribution in [0.2, 0.25) is 0 Å². The van der Waals surface area contributed by atoms with Crippen LogP contribution in [0.15, 0.2) is 6.07 Å². The van der Waals surface area contributed by atoms with Crippen molar-refractivity contribution in [3.8, 4) is 0 Å². The predicted molar refractivity (Wildman–Crippen MR) is 78.3 cm³/mol. The van der Waals surface area contributed by atoms with Gasteiger partial charge in [0.25, 0.3) is 5.91 Å². The first-order valence-electron chi connectivity index (χ1n) is 7.40. The molecule has 2 bridgehead atoms. The summed E-state index contributed by atoms with van der Waals surface area (Å²) in [5.74, 6) is 0.716.